The van der Waals surface area contributed by atoms with Crippen molar-refractivity contribution in [2.75, 3.05) is 0 Å². The summed E-state index contributed by atoms with van der Waals surface area (Å²) < 4.78 is 15.8. The van der Waals surface area contributed by atoms with E-state index in [1.54, 1.807) is 18.2 Å². The van der Waals surface area contributed by atoms with Gasteiger partial charge in [-0.2, -0.15) is 0 Å². The van der Waals surface area contributed by atoms with Crippen molar-refractivity contribution in [3.63, 3.8) is 0 Å². The number of rotatable bonds is 2. The van der Waals surface area contributed by atoms with Crippen LogP contribution in [0.4, 0.5) is 4.39 Å². The molecule has 1 unspecified atom stereocenters. The first-order valence-corrected chi connectivity index (χ1v) is 8.25. The molecule has 0 saturated heterocycles. The normalized spacial score (nSPS) is 12.6. The zero-order valence-corrected chi connectivity index (χ0v) is 14.6. The van der Waals surface area contributed by atoms with Crippen molar-refractivity contribution in [3.05, 3.63) is 79.6 Å². The summed E-state index contributed by atoms with van der Waals surface area (Å²) in [6.45, 7) is 0. The second-order valence-corrected chi connectivity index (χ2v) is 6.83. The molecule has 106 valence electrons. The standard InChI is InChI=1S/C17H11BrFIO/c18-10-5-8-16(20)14(9-10)17(21)13-6-7-15(19)12-4-2-1-3-11(12)13/h1-9,17,21H. The topological polar surface area (TPSA) is 20.2 Å². The minimum Gasteiger partial charge on any atom is -0.384 e. The quantitative estimate of drug-likeness (QED) is 0.510. The van der Waals surface area contributed by atoms with Gasteiger partial charge >= 0.3 is 0 Å². The summed E-state index contributed by atoms with van der Waals surface area (Å²) in [7, 11) is 0. The minimum atomic E-state index is -0.792. The summed E-state index contributed by atoms with van der Waals surface area (Å²) in [6, 6.07) is 16.0. The van der Waals surface area contributed by atoms with Gasteiger partial charge in [-0.25, -0.2) is 4.39 Å². The van der Waals surface area contributed by atoms with Gasteiger partial charge in [0.25, 0.3) is 0 Å². The van der Waals surface area contributed by atoms with Gasteiger partial charge in [0.1, 0.15) is 11.9 Å². The van der Waals surface area contributed by atoms with Gasteiger partial charge in [0.05, 0.1) is 0 Å². The van der Waals surface area contributed by atoms with Crippen molar-refractivity contribution in [1.29, 1.82) is 0 Å². The van der Waals surface area contributed by atoms with E-state index in [0.29, 0.717) is 10.9 Å². The summed E-state index contributed by atoms with van der Waals surface area (Å²) >= 11 is 5.62. The van der Waals surface area contributed by atoms with Crippen molar-refractivity contribution in [3.8, 4) is 0 Å². The Morgan fingerprint density at radius 3 is 2.43 bits per heavy atom. The molecule has 0 amide bonds. The fourth-order valence-corrected chi connectivity index (χ4v) is 3.42. The summed E-state index contributed by atoms with van der Waals surface area (Å²) in [6.07, 6.45) is -0.792. The van der Waals surface area contributed by atoms with Crippen molar-refractivity contribution < 1.29 is 9.50 Å². The Balaban J connectivity index is 2.20. The summed E-state index contributed by atoms with van der Waals surface area (Å²) in [5, 5.41) is 12.0. The Hall–Kier alpha value is -0.980. The van der Waals surface area contributed by atoms with Crippen LogP contribution in [0.2, 0.25) is 0 Å². The largest absolute Gasteiger partial charge is 0.384 e. The van der Waals surface area contributed by atoms with Crippen molar-refractivity contribution >= 4 is 49.3 Å². The number of aliphatic hydroxyl groups is 1. The van der Waals surface area contributed by atoms with Gasteiger partial charge in [-0.1, -0.05) is 46.3 Å². The van der Waals surface area contributed by atoms with E-state index in [9.17, 15) is 9.50 Å². The SMILES string of the molecule is OC(c1cc(Br)ccc1I)c1ccc(F)c2ccccc12. The van der Waals surface area contributed by atoms with Crippen LogP contribution in [0.3, 0.4) is 0 Å². The molecule has 0 aliphatic rings. The molecule has 4 heteroatoms. The zero-order valence-electron chi connectivity index (χ0n) is 10.9. The number of hydrogen-bond donors (Lipinski definition) is 1. The number of fused-ring (bicyclic) bond motifs is 1. The molecule has 3 aromatic carbocycles. The van der Waals surface area contributed by atoms with Crippen LogP contribution in [0.1, 0.15) is 17.2 Å². The lowest BCUT2D eigenvalue weighted by Crippen LogP contribution is -2.03. The maximum absolute atomic E-state index is 13.9. The Morgan fingerprint density at radius 2 is 1.67 bits per heavy atom. The maximum atomic E-state index is 13.9. The lowest BCUT2D eigenvalue weighted by atomic mass is 9.96. The Labute approximate surface area is 144 Å². The van der Waals surface area contributed by atoms with E-state index < -0.39 is 6.10 Å². The third-order valence-corrected chi connectivity index (χ3v) is 4.93. The van der Waals surface area contributed by atoms with E-state index in [-0.39, 0.29) is 5.82 Å². The molecule has 1 nitrogen and oxygen atoms in total. The zero-order chi connectivity index (χ0) is 15.0. The first-order chi connectivity index (χ1) is 10.1. The molecular weight excluding hydrogens is 446 g/mol. The molecule has 21 heavy (non-hydrogen) atoms. The Kier molecular flexibility index (Phi) is 4.28. The van der Waals surface area contributed by atoms with E-state index >= 15 is 0 Å². The fourth-order valence-electron chi connectivity index (χ4n) is 2.42. The molecule has 0 heterocycles. The lowest BCUT2D eigenvalue weighted by molar-refractivity contribution is 0.221. The van der Waals surface area contributed by atoms with Crippen LogP contribution in [-0.2, 0) is 0 Å². The number of hydrogen-bond acceptors (Lipinski definition) is 1. The molecule has 0 radical (unpaired) electrons. The smallest absolute Gasteiger partial charge is 0.131 e. The highest BCUT2D eigenvalue weighted by Gasteiger charge is 2.17. The van der Waals surface area contributed by atoms with Crippen LogP contribution in [0, 0.1) is 9.39 Å². The van der Waals surface area contributed by atoms with Crippen molar-refractivity contribution in [1.82, 2.24) is 0 Å². The van der Waals surface area contributed by atoms with Gasteiger partial charge in [0.15, 0.2) is 0 Å². The summed E-state index contributed by atoms with van der Waals surface area (Å²) in [4.78, 5) is 0. The van der Waals surface area contributed by atoms with E-state index in [2.05, 4.69) is 38.5 Å². The van der Waals surface area contributed by atoms with Crippen LogP contribution in [-0.4, -0.2) is 5.11 Å². The van der Waals surface area contributed by atoms with Gasteiger partial charge in [-0.05, 0) is 63.4 Å². The van der Waals surface area contributed by atoms with Gasteiger partial charge < -0.3 is 5.11 Å². The van der Waals surface area contributed by atoms with Crippen LogP contribution < -0.4 is 0 Å². The number of aliphatic hydroxyl groups excluding tert-OH is 1. The van der Waals surface area contributed by atoms with Crippen LogP contribution >= 0.6 is 38.5 Å². The second-order valence-electron chi connectivity index (χ2n) is 4.75. The number of benzene rings is 3. The minimum absolute atomic E-state index is 0.273. The molecule has 0 saturated carbocycles. The molecule has 0 aromatic heterocycles. The highest BCUT2D eigenvalue weighted by atomic mass is 127. The van der Waals surface area contributed by atoms with E-state index in [4.69, 9.17) is 0 Å². The molecule has 0 fully saturated rings. The predicted octanol–water partition coefficient (Wildman–Crippen LogP) is 5.43. The third kappa shape index (κ3) is 2.84. The highest BCUT2D eigenvalue weighted by molar-refractivity contribution is 14.1. The monoisotopic (exact) mass is 456 g/mol. The van der Waals surface area contributed by atoms with Gasteiger partial charge in [-0.15, -0.1) is 0 Å². The van der Waals surface area contributed by atoms with Crippen LogP contribution in [0.25, 0.3) is 10.8 Å². The third-order valence-electron chi connectivity index (χ3n) is 3.45. The van der Waals surface area contributed by atoms with Gasteiger partial charge in [-0.3, -0.25) is 0 Å². The molecular formula is C17H11BrFIO. The van der Waals surface area contributed by atoms with Crippen molar-refractivity contribution in [2.24, 2.45) is 0 Å². The Bertz CT molecular complexity index is 819. The van der Waals surface area contributed by atoms with E-state index in [1.165, 1.54) is 6.07 Å². The molecule has 0 spiro atoms. The molecule has 0 bridgehead atoms. The Morgan fingerprint density at radius 1 is 0.952 bits per heavy atom. The average molecular weight is 457 g/mol. The van der Waals surface area contributed by atoms with E-state index in [0.717, 1.165) is 19.0 Å². The lowest BCUT2D eigenvalue weighted by Gasteiger charge is -2.16. The molecule has 3 aromatic rings. The molecule has 1 N–H and O–H groups in total. The predicted molar refractivity (Wildman–Crippen MR) is 94.8 cm³/mol. The average Bonchev–Trinajstić information content (AvgIpc) is 2.50. The molecule has 3 rings (SSSR count). The van der Waals surface area contributed by atoms with Crippen molar-refractivity contribution in [2.45, 2.75) is 6.10 Å². The molecule has 0 aliphatic heterocycles. The molecule has 0 aliphatic carbocycles. The number of halogens is 3. The van der Waals surface area contributed by atoms with Crippen LogP contribution in [0.15, 0.2) is 59.1 Å². The summed E-state index contributed by atoms with van der Waals surface area (Å²) in [5.74, 6) is -0.273. The van der Waals surface area contributed by atoms with Gasteiger partial charge in [0, 0.05) is 13.4 Å². The molecule has 1 atom stereocenters. The van der Waals surface area contributed by atoms with Gasteiger partial charge in [0.2, 0.25) is 0 Å². The second kappa shape index (κ2) is 6.02. The fraction of sp³-hybridized carbons (Fsp3) is 0.0588. The van der Waals surface area contributed by atoms with E-state index in [1.807, 2.05) is 30.3 Å². The highest BCUT2D eigenvalue weighted by Crippen LogP contribution is 2.33. The first-order valence-electron chi connectivity index (χ1n) is 6.38. The first kappa shape index (κ1) is 14.9. The summed E-state index contributed by atoms with van der Waals surface area (Å²) in [5.41, 5.74) is 1.52. The maximum Gasteiger partial charge on any atom is 0.131 e. The van der Waals surface area contributed by atoms with Crippen LogP contribution in [0.5, 0.6) is 0 Å².